The highest BCUT2D eigenvalue weighted by Gasteiger charge is 2.40. The van der Waals surface area contributed by atoms with Gasteiger partial charge >= 0.3 is 0 Å². The molecule has 40 heavy (non-hydrogen) atoms. The van der Waals surface area contributed by atoms with Gasteiger partial charge in [0.1, 0.15) is 12.4 Å². The summed E-state index contributed by atoms with van der Waals surface area (Å²) in [6.07, 6.45) is 5.47. The van der Waals surface area contributed by atoms with Gasteiger partial charge in [0.2, 0.25) is 5.91 Å². The Morgan fingerprint density at radius 2 is 2.20 bits per heavy atom. The third-order valence-corrected chi connectivity index (χ3v) is 9.30. The van der Waals surface area contributed by atoms with Crippen molar-refractivity contribution >= 4 is 50.7 Å². The average Bonchev–Trinajstić information content (AvgIpc) is 3.53. The summed E-state index contributed by atoms with van der Waals surface area (Å²) in [5, 5.41) is 17.0. The number of anilines is 1. The summed E-state index contributed by atoms with van der Waals surface area (Å²) >= 11 is 1.42. The molecule has 5 rings (SSSR count). The van der Waals surface area contributed by atoms with E-state index in [1.54, 1.807) is 13.3 Å². The first kappa shape index (κ1) is 28.8. The van der Waals surface area contributed by atoms with Gasteiger partial charge < -0.3 is 25.2 Å². The normalized spacial score (nSPS) is 27.9. The second kappa shape index (κ2) is 12.9. The van der Waals surface area contributed by atoms with E-state index in [4.69, 9.17) is 9.47 Å². The fraction of sp³-hybridized carbons (Fsp3) is 0.586. The number of aliphatic hydroxyl groups excluding tert-OH is 1. The summed E-state index contributed by atoms with van der Waals surface area (Å²) in [4.78, 5) is 28.6. The number of piperazine rings is 1. The minimum atomic E-state index is -0.430. The number of aliphatic hydroxyl groups is 1. The lowest BCUT2D eigenvalue weighted by Gasteiger charge is -2.47. The first-order valence-electron chi connectivity index (χ1n) is 14.1. The zero-order valence-corrected chi connectivity index (χ0v) is 24.4. The molecule has 2 aromatic rings. The van der Waals surface area contributed by atoms with E-state index in [1.165, 1.54) is 11.3 Å². The molecular formula is C29H40N6O4S. The maximum absolute atomic E-state index is 13.0. The molecule has 3 aliphatic rings. The van der Waals surface area contributed by atoms with E-state index in [0.717, 1.165) is 73.1 Å². The number of nitrogens with zero attached hydrogens (tertiary/aromatic N) is 4. The number of fused-ring (bicyclic) bond motifs is 1. The molecule has 3 atom stereocenters. The van der Waals surface area contributed by atoms with Gasteiger partial charge in [0.15, 0.2) is 11.0 Å². The van der Waals surface area contributed by atoms with Crippen LogP contribution in [0.15, 0.2) is 28.3 Å². The number of amidine groups is 1. The Labute approximate surface area is 239 Å². The van der Waals surface area contributed by atoms with E-state index in [-0.39, 0.29) is 24.5 Å². The number of carbonyl (C=O) groups is 1. The highest BCUT2D eigenvalue weighted by atomic mass is 32.1. The maximum Gasteiger partial charge on any atom is 0.229 e. The van der Waals surface area contributed by atoms with Crippen LogP contribution < -0.4 is 15.4 Å². The molecule has 0 spiro atoms. The van der Waals surface area contributed by atoms with Crippen LogP contribution in [-0.2, 0) is 9.53 Å². The quantitative estimate of drug-likeness (QED) is 0.312. The van der Waals surface area contributed by atoms with Crippen LogP contribution in [0.2, 0.25) is 0 Å². The van der Waals surface area contributed by atoms with Crippen molar-refractivity contribution in [3.05, 3.63) is 23.9 Å². The van der Waals surface area contributed by atoms with Crippen molar-refractivity contribution in [1.82, 2.24) is 15.2 Å². The summed E-state index contributed by atoms with van der Waals surface area (Å²) in [7, 11) is 1.63. The second-order valence-corrected chi connectivity index (χ2v) is 12.0. The van der Waals surface area contributed by atoms with Gasteiger partial charge in [-0.25, -0.2) is 15.0 Å². The minimum absolute atomic E-state index is 0.0215. The van der Waals surface area contributed by atoms with Gasteiger partial charge in [-0.1, -0.05) is 11.3 Å². The predicted molar refractivity (Wildman–Crippen MR) is 161 cm³/mol. The Balaban J connectivity index is 1.24. The summed E-state index contributed by atoms with van der Waals surface area (Å²) in [5.41, 5.74) is 2.53. The van der Waals surface area contributed by atoms with E-state index in [1.807, 2.05) is 19.1 Å². The van der Waals surface area contributed by atoms with Crippen LogP contribution in [0, 0.1) is 5.92 Å². The number of thiazole rings is 1. The van der Waals surface area contributed by atoms with Crippen molar-refractivity contribution in [2.75, 3.05) is 38.7 Å². The molecule has 3 N–H and O–H groups in total. The standard InChI is InChI=1S/C29H40N6O4S/c1-17(14-32-25(30-3)16-39-24-7-5-6-23(24)36)21-8-9-22-27(26(21)38-4)40-29(33-22)34-28(37)19-12-20(13-19)35-11-10-31-15-18(35)2/h8-9,14,18-20,23-24,31,36H,3,5-7,10-13,15-16H2,1-2,4H3,(H,33,34,37)/b17-14+,32-25?/t18-,19?,20?,23-,24-/m0/s1. The van der Waals surface area contributed by atoms with Crippen LogP contribution in [0.1, 0.15) is 51.5 Å². The van der Waals surface area contributed by atoms with Gasteiger partial charge in [0.05, 0.1) is 29.5 Å². The summed E-state index contributed by atoms with van der Waals surface area (Å²) < 4.78 is 12.5. The van der Waals surface area contributed by atoms with Crippen molar-refractivity contribution in [2.45, 2.75) is 70.2 Å². The van der Waals surface area contributed by atoms with E-state index in [2.05, 4.69) is 44.1 Å². The fourth-order valence-corrected chi connectivity index (χ4v) is 6.85. The first-order valence-corrected chi connectivity index (χ1v) is 14.9. The number of benzene rings is 1. The smallest absolute Gasteiger partial charge is 0.229 e. The van der Waals surface area contributed by atoms with Crippen LogP contribution in [0.5, 0.6) is 5.75 Å². The number of allylic oxidation sites excluding steroid dienone is 1. The molecule has 2 saturated carbocycles. The molecule has 0 radical (unpaired) electrons. The zero-order chi connectivity index (χ0) is 28.2. The SMILES string of the molecule is C=NC(CO[C@H]1CCC[C@@H]1O)=N/C=C(\C)c1ccc2nc(NC(=O)C3CC(N4CCNC[C@@H]4C)C3)sc2c1OC. The number of methoxy groups -OCH3 is 1. The number of amides is 1. The molecule has 0 unspecified atom stereocenters. The predicted octanol–water partition coefficient (Wildman–Crippen LogP) is 3.71. The Morgan fingerprint density at radius 1 is 1.38 bits per heavy atom. The van der Waals surface area contributed by atoms with Gasteiger partial charge in [-0.05, 0) is 70.4 Å². The molecule has 11 heteroatoms. The molecule has 10 nitrogen and oxygen atoms in total. The first-order chi connectivity index (χ1) is 19.4. The van der Waals surface area contributed by atoms with Crippen molar-refractivity contribution in [3.8, 4) is 5.75 Å². The Morgan fingerprint density at radius 3 is 2.90 bits per heavy atom. The third-order valence-electron chi connectivity index (χ3n) is 8.31. The van der Waals surface area contributed by atoms with Crippen molar-refractivity contribution in [1.29, 1.82) is 0 Å². The number of aromatic nitrogens is 1. The molecule has 1 amide bonds. The van der Waals surface area contributed by atoms with Gasteiger partial charge in [-0.3, -0.25) is 9.69 Å². The molecule has 3 fully saturated rings. The second-order valence-electron chi connectivity index (χ2n) is 11.0. The van der Waals surface area contributed by atoms with Gasteiger partial charge in [-0.15, -0.1) is 0 Å². The molecule has 1 aromatic heterocycles. The molecule has 0 bridgehead atoms. The molecule has 1 aliphatic heterocycles. The molecule has 1 aromatic carbocycles. The summed E-state index contributed by atoms with van der Waals surface area (Å²) in [5.74, 6) is 1.20. The molecule has 2 aliphatic carbocycles. The number of hydrogen-bond donors (Lipinski definition) is 3. The number of nitrogens with one attached hydrogen (secondary N) is 2. The van der Waals surface area contributed by atoms with E-state index in [0.29, 0.717) is 28.8 Å². The van der Waals surface area contributed by atoms with Gasteiger partial charge in [0.25, 0.3) is 0 Å². The van der Waals surface area contributed by atoms with Crippen LogP contribution >= 0.6 is 11.3 Å². The number of ether oxygens (including phenoxy) is 2. The molecule has 1 saturated heterocycles. The Hall–Kier alpha value is -2.70. The minimum Gasteiger partial charge on any atom is -0.495 e. The molecule has 216 valence electrons. The van der Waals surface area contributed by atoms with E-state index in [9.17, 15) is 9.90 Å². The summed E-state index contributed by atoms with van der Waals surface area (Å²) in [6, 6.07) is 4.88. The highest BCUT2D eigenvalue weighted by molar-refractivity contribution is 7.22. The average molecular weight is 569 g/mol. The number of aliphatic imine (C=N–C) groups is 2. The Kier molecular flexibility index (Phi) is 9.27. The topological polar surface area (TPSA) is 121 Å². The third kappa shape index (κ3) is 6.28. The van der Waals surface area contributed by atoms with E-state index < -0.39 is 6.10 Å². The molecule has 2 heterocycles. The number of carbonyl (C=O) groups excluding carboxylic acids is 1. The van der Waals surface area contributed by atoms with Crippen LogP contribution in [0.3, 0.4) is 0 Å². The van der Waals surface area contributed by atoms with Crippen molar-refractivity contribution < 1.29 is 19.4 Å². The summed E-state index contributed by atoms with van der Waals surface area (Å²) in [6.45, 7) is 11.1. The van der Waals surface area contributed by atoms with Gasteiger partial charge in [0, 0.05) is 49.4 Å². The van der Waals surface area contributed by atoms with Crippen molar-refractivity contribution in [2.24, 2.45) is 15.9 Å². The number of hydrogen-bond acceptors (Lipinski definition) is 9. The van der Waals surface area contributed by atoms with Crippen molar-refractivity contribution in [3.63, 3.8) is 0 Å². The Bertz CT molecular complexity index is 1290. The lowest BCUT2D eigenvalue weighted by molar-refractivity contribution is -0.125. The van der Waals surface area contributed by atoms with Gasteiger partial charge in [-0.2, -0.15) is 0 Å². The monoisotopic (exact) mass is 568 g/mol. The van der Waals surface area contributed by atoms with E-state index >= 15 is 0 Å². The molecular weight excluding hydrogens is 528 g/mol. The van der Waals surface area contributed by atoms with Crippen LogP contribution in [0.25, 0.3) is 15.8 Å². The highest BCUT2D eigenvalue weighted by Crippen LogP contribution is 2.40. The number of rotatable bonds is 9. The maximum atomic E-state index is 13.0. The van der Waals surface area contributed by atoms with Crippen LogP contribution in [-0.4, -0.2) is 91.1 Å². The lowest BCUT2D eigenvalue weighted by Crippen LogP contribution is -2.58. The largest absolute Gasteiger partial charge is 0.495 e. The fourth-order valence-electron chi connectivity index (χ4n) is 5.86. The lowest BCUT2D eigenvalue weighted by atomic mass is 9.78. The zero-order valence-electron chi connectivity index (χ0n) is 23.6. The van der Waals surface area contributed by atoms with Crippen LogP contribution in [0.4, 0.5) is 5.13 Å².